The van der Waals surface area contributed by atoms with E-state index in [0.717, 1.165) is 33.2 Å². The summed E-state index contributed by atoms with van der Waals surface area (Å²) >= 11 is 14.5. The number of nitrogens with zero attached hydrogens (tertiary/aromatic N) is 3. The van der Waals surface area contributed by atoms with Gasteiger partial charge in [0.05, 0.1) is 27.5 Å². The van der Waals surface area contributed by atoms with Gasteiger partial charge < -0.3 is 10.6 Å². The van der Waals surface area contributed by atoms with E-state index in [1.807, 2.05) is 30.4 Å². The number of hydrogen-bond acceptors (Lipinski definition) is 4. The first-order valence-corrected chi connectivity index (χ1v) is 9.46. The molecule has 2 aromatic heterocycles. The first kappa shape index (κ1) is 16.8. The molecular weight excluding hydrogens is 379 g/mol. The minimum absolute atomic E-state index is 0.0272. The summed E-state index contributed by atoms with van der Waals surface area (Å²) in [5.74, 6) is -0.0343. The maximum Gasteiger partial charge on any atom is 0.236 e. The molecule has 0 atom stereocenters. The van der Waals surface area contributed by atoms with Crippen molar-refractivity contribution in [3.8, 4) is 11.1 Å². The van der Waals surface area contributed by atoms with E-state index in [0.29, 0.717) is 23.1 Å². The fraction of sp³-hybridized carbons (Fsp3) is 0.294. The van der Waals surface area contributed by atoms with Crippen LogP contribution in [0.25, 0.3) is 21.2 Å². The second kappa shape index (κ2) is 6.29. The number of benzene rings is 1. The van der Waals surface area contributed by atoms with Crippen molar-refractivity contribution < 1.29 is 4.79 Å². The molecule has 3 heterocycles. The van der Waals surface area contributed by atoms with E-state index in [4.69, 9.17) is 28.9 Å². The molecule has 0 saturated carbocycles. The van der Waals surface area contributed by atoms with Crippen LogP contribution in [0, 0.1) is 0 Å². The molecule has 0 unspecified atom stereocenters. The molecule has 2 N–H and O–H groups in total. The highest BCUT2D eigenvalue weighted by Crippen LogP contribution is 2.46. The molecule has 0 saturated heterocycles. The van der Waals surface area contributed by atoms with Gasteiger partial charge >= 0.3 is 0 Å². The van der Waals surface area contributed by atoms with Crippen LogP contribution in [-0.2, 0) is 24.8 Å². The van der Waals surface area contributed by atoms with Crippen LogP contribution in [0.1, 0.15) is 10.4 Å². The van der Waals surface area contributed by atoms with E-state index >= 15 is 0 Å². The molecule has 130 valence electrons. The molecule has 1 aliphatic rings. The number of hydrogen-bond donors (Lipinski definition) is 1. The number of fused-ring (bicyclic) bond motifs is 3. The lowest BCUT2D eigenvalue weighted by Crippen LogP contribution is -2.39. The summed E-state index contributed by atoms with van der Waals surface area (Å²) in [6.45, 7) is 1.26. The lowest BCUT2D eigenvalue weighted by atomic mass is 9.98. The molecule has 3 aromatic rings. The smallest absolute Gasteiger partial charge is 0.236 e. The molecular formula is C17H16Cl2N4OS. The molecule has 8 heteroatoms. The largest absolute Gasteiger partial charge is 0.337 e. The summed E-state index contributed by atoms with van der Waals surface area (Å²) in [7, 11) is 1.88. The van der Waals surface area contributed by atoms with E-state index in [2.05, 4.69) is 5.10 Å². The average molecular weight is 395 g/mol. The fourth-order valence-corrected chi connectivity index (χ4v) is 5.12. The van der Waals surface area contributed by atoms with Crippen molar-refractivity contribution in [3.63, 3.8) is 0 Å². The van der Waals surface area contributed by atoms with Crippen LogP contribution in [0.4, 0.5) is 0 Å². The fourth-order valence-electron chi connectivity index (χ4n) is 3.33. The zero-order valence-corrected chi connectivity index (χ0v) is 15.9. The van der Waals surface area contributed by atoms with Crippen molar-refractivity contribution in [2.75, 3.05) is 13.1 Å². The average Bonchev–Trinajstić information content (AvgIpc) is 3.20. The van der Waals surface area contributed by atoms with Gasteiger partial charge in [-0.2, -0.15) is 5.10 Å². The van der Waals surface area contributed by atoms with Crippen LogP contribution < -0.4 is 5.73 Å². The van der Waals surface area contributed by atoms with Crippen LogP contribution >= 0.6 is 34.5 Å². The lowest BCUT2D eigenvalue weighted by molar-refractivity contribution is -0.130. The Morgan fingerprint density at radius 1 is 1.44 bits per heavy atom. The summed E-state index contributed by atoms with van der Waals surface area (Å²) in [6, 6.07) is 1.89. The Morgan fingerprint density at radius 3 is 2.92 bits per heavy atom. The molecule has 0 aliphatic carbocycles. The van der Waals surface area contributed by atoms with Gasteiger partial charge in [-0.1, -0.05) is 23.2 Å². The third-order valence-electron chi connectivity index (χ3n) is 4.54. The van der Waals surface area contributed by atoms with Gasteiger partial charge in [0.25, 0.3) is 0 Å². The molecule has 0 bridgehead atoms. The highest BCUT2D eigenvalue weighted by Gasteiger charge is 2.27. The van der Waals surface area contributed by atoms with E-state index in [1.165, 1.54) is 4.88 Å². The van der Waals surface area contributed by atoms with E-state index < -0.39 is 0 Å². The first-order chi connectivity index (χ1) is 12.0. The van der Waals surface area contributed by atoms with Gasteiger partial charge in [-0.3, -0.25) is 9.48 Å². The minimum atomic E-state index is -0.0343. The van der Waals surface area contributed by atoms with Crippen LogP contribution in [0.3, 0.4) is 0 Å². The lowest BCUT2D eigenvalue weighted by Gasteiger charge is -2.27. The Hall–Kier alpha value is -1.60. The number of nitrogens with two attached hydrogens (primary N) is 1. The second-order valence-corrected chi connectivity index (χ2v) is 7.99. The number of aromatic nitrogens is 2. The van der Waals surface area contributed by atoms with Gasteiger partial charge in [-0.25, -0.2) is 0 Å². The van der Waals surface area contributed by atoms with Crippen LogP contribution in [0.5, 0.6) is 0 Å². The molecule has 1 aliphatic heterocycles. The van der Waals surface area contributed by atoms with E-state index in [-0.39, 0.29) is 12.5 Å². The molecule has 4 rings (SSSR count). The summed E-state index contributed by atoms with van der Waals surface area (Å²) in [6.07, 6.45) is 4.57. The van der Waals surface area contributed by atoms with Gasteiger partial charge in [0.2, 0.25) is 5.91 Å². The third-order valence-corrected chi connectivity index (χ3v) is 6.75. The van der Waals surface area contributed by atoms with Crippen molar-refractivity contribution in [2.24, 2.45) is 12.8 Å². The van der Waals surface area contributed by atoms with Crippen LogP contribution in [0.15, 0.2) is 18.5 Å². The molecule has 0 radical (unpaired) electrons. The summed E-state index contributed by atoms with van der Waals surface area (Å²) in [4.78, 5) is 15.1. The standard InChI is InChI=1S/C17H16Cl2N4OS/c1-22-7-9(6-21-22)10-4-12(18)16(19)17-15(10)11-8-23(14(24)5-20)3-2-13(11)25-17/h4,6-7H,2-3,5,8,20H2,1H3. The quantitative estimate of drug-likeness (QED) is 0.723. The monoisotopic (exact) mass is 394 g/mol. The number of rotatable bonds is 2. The Kier molecular flexibility index (Phi) is 4.24. The summed E-state index contributed by atoms with van der Waals surface area (Å²) in [5.41, 5.74) is 8.66. The van der Waals surface area contributed by atoms with Crippen LogP contribution in [-0.4, -0.2) is 33.7 Å². The van der Waals surface area contributed by atoms with Crippen molar-refractivity contribution in [3.05, 3.63) is 38.9 Å². The van der Waals surface area contributed by atoms with Gasteiger partial charge in [-0.05, 0) is 23.6 Å². The zero-order chi connectivity index (χ0) is 17.7. The summed E-state index contributed by atoms with van der Waals surface area (Å²) < 4.78 is 2.73. The predicted octanol–water partition coefficient (Wildman–Crippen LogP) is 3.45. The molecule has 5 nitrogen and oxygen atoms in total. The van der Waals surface area contributed by atoms with Crippen molar-refractivity contribution in [2.45, 2.75) is 13.0 Å². The van der Waals surface area contributed by atoms with Crippen LogP contribution in [0.2, 0.25) is 10.0 Å². The maximum atomic E-state index is 12.1. The van der Waals surface area contributed by atoms with Gasteiger partial charge in [0, 0.05) is 42.2 Å². The molecule has 1 aromatic carbocycles. The molecule has 1 amide bonds. The first-order valence-electron chi connectivity index (χ1n) is 7.88. The van der Waals surface area contributed by atoms with Gasteiger partial charge in [-0.15, -0.1) is 11.3 Å². The molecule has 0 fully saturated rings. The summed E-state index contributed by atoms with van der Waals surface area (Å²) in [5, 5.41) is 6.43. The van der Waals surface area contributed by atoms with E-state index in [1.54, 1.807) is 16.0 Å². The zero-order valence-electron chi connectivity index (χ0n) is 13.6. The number of carbonyl (C=O) groups is 1. The third kappa shape index (κ3) is 2.73. The predicted molar refractivity (Wildman–Crippen MR) is 102 cm³/mol. The molecule has 25 heavy (non-hydrogen) atoms. The Bertz CT molecular complexity index is 994. The van der Waals surface area contributed by atoms with Crippen molar-refractivity contribution in [1.29, 1.82) is 0 Å². The minimum Gasteiger partial charge on any atom is -0.337 e. The van der Waals surface area contributed by atoms with Crippen molar-refractivity contribution >= 4 is 50.5 Å². The Labute approximate surface area is 158 Å². The number of halogens is 2. The van der Waals surface area contributed by atoms with Gasteiger partial charge in [0.15, 0.2) is 0 Å². The Balaban J connectivity index is 1.96. The number of carbonyl (C=O) groups excluding carboxylic acids is 1. The Morgan fingerprint density at radius 2 is 2.24 bits per heavy atom. The number of amides is 1. The number of aryl methyl sites for hydroxylation is 1. The second-order valence-electron chi connectivity index (χ2n) is 6.10. The highest BCUT2D eigenvalue weighted by atomic mass is 35.5. The van der Waals surface area contributed by atoms with E-state index in [9.17, 15) is 4.79 Å². The highest BCUT2D eigenvalue weighted by molar-refractivity contribution is 7.20. The van der Waals surface area contributed by atoms with Gasteiger partial charge in [0.1, 0.15) is 0 Å². The molecule has 0 spiro atoms. The maximum absolute atomic E-state index is 12.1. The van der Waals surface area contributed by atoms with Crippen molar-refractivity contribution in [1.82, 2.24) is 14.7 Å². The SMILES string of the molecule is Cn1cc(-c2cc(Cl)c(Cl)c3sc4c(c23)CN(C(=O)CN)CC4)cn1. The normalized spacial score (nSPS) is 14.2. The topological polar surface area (TPSA) is 64.2 Å². The number of thiophene rings is 1.